The second-order valence-electron chi connectivity index (χ2n) is 9.94. The third-order valence-corrected chi connectivity index (χ3v) is 10.6. The molecule has 0 bridgehead atoms. The van der Waals surface area contributed by atoms with E-state index in [0.717, 1.165) is 0 Å². The van der Waals surface area contributed by atoms with Crippen LogP contribution in [0.25, 0.3) is 0 Å². The maximum Gasteiger partial charge on any atom is 0.345 e. The number of halogens is 1. The Morgan fingerprint density at radius 1 is 1.11 bits per heavy atom. The van der Waals surface area contributed by atoms with Crippen LogP contribution in [0.4, 0.5) is 0 Å². The summed E-state index contributed by atoms with van der Waals surface area (Å²) in [7, 11) is -6.83. The molecule has 1 saturated heterocycles. The summed E-state index contributed by atoms with van der Waals surface area (Å²) in [6, 6.07) is 15.2. The van der Waals surface area contributed by atoms with E-state index in [-0.39, 0.29) is 54.4 Å². The third kappa shape index (κ3) is 8.39. The lowest BCUT2D eigenvalue weighted by Gasteiger charge is -2.20. The quantitative estimate of drug-likeness (QED) is 0.150. The summed E-state index contributed by atoms with van der Waals surface area (Å²) in [5, 5.41) is 11.6. The number of nitrogens with one attached hydrogen (secondary N) is 3. The molecule has 0 aliphatic carbocycles. The summed E-state index contributed by atoms with van der Waals surface area (Å²) >= 11 is 3.35. The maximum absolute atomic E-state index is 13.3. The molecule has 1 heterocycles. The summed E-state index contributed by atoms with van der Waals surface area (Å²) in [6.07, 6.45) is -0.0575. The maximum atomic E-state index is 13.3. The van der Waals surface area contributed by atoms with Crippen molar-refractivity contribution in [3.8, 4) is 11.5 Å². The van der Waals surface area contributed by atoms with Crippen molar-refractivity contribution in [2.75, 3.05) is 20.3 Å². The topological polar surface area (TPSA) is 194 Å². The van der Waals surface area contributed by atoms with Crippen LogP contribution in [0.3, 0.4) is 0 Å². The van der Waals surface area contributed by atoms with Gasteiger partial charge in [-0.1, -0.05) is 52.3 Å². The number of rotatable bonds is 13. The van der Waals surface area contributed by atoms with E-state index >= 15 is 0 Å². The van der Waals surface area contributed by atoms with Gasteiger partial charge in [-0.05, 0) is 54.3 Å². The number of hydrogen-bond donors (Lipinski definition) is 4. The number of phenolic OH excluding ortho intramolecular Hbond substituents is 1. The number of aromatic hydroxyl groups is 1. The number of carbonyl (C=O) groups is 3. The lowest BCUT2D eigenvalue weighted by Crippen LogP contribution is -2.48. The van der Waals surface area contributed by atoms with E-state index in [9.17, 15) is 36.3 Å². The van der Waals surface area contributed by atoms with Gasteiger partial charge in [0.05, 0.1) is 25.0 Å². The Morgan fingerprint density at radius 2 is 1.84 bits per heavy atom. The van der Waals surface area contributed by atoms with Crippen LogP contribution in [-0.4, -0.2) is 66.0 Å². The molecule has 3 aromatic rings. The molecule has 45 heavy (non-hydrogen) atoms. The van der Waals surface area contributed by atoms with Gasteiger partial charge in [0.2, 0.25) is 31.9 Å². The van der Waals surface area contributed by atoms with Crippen molar-refractivity contribution in [2.24, 2.45) is 0 Å². The predicted molar refractivity (Wildman–Crippen MR) is 165 cm³/mol. The van der Waals surface area contributed by atoms with Crippen LogP contribution in [-0.2, 0) is 40.8 Å². The smallest absolute Gasteiger partial charge is 0.345 e. The zero-order valence-corrected chi connectivity index (χ0v) is 27.1. The minimum atomic E-state index is -4.11. The Hall–Kier alpha value is -3.99. The molecule has 2 atom stereocenters. The highest BCUT2D eigenvalue weighted by Gasteiger charge is 2.39. The van der Waals surface area contributed by atoms with Crippen LogP contribution in [0, 0.1) is 0 Å². The van der Waals surface area contributed by atoms with E-state index in [1.54, 1.807) is 30.3 Å². The molecule has 13 nitrogen and oxygen atoms in total. The molecular weight excluding hydrogens is 694 g/mol. The summed E-state index contributed by atoms with van der Waals surface area (Å²) in [6.45, 7) is 0.127. The molecule has 1 aliphatic heterocycles. The summed E-state index contributed by atoms with van der Waals surface area (Å²) in [5.41, 5.74) is 0.730. The Kier molecular flexibility index (Phi) is 10.9. The highest BCUT2D eigenvalue weighted by Crippen LogP contribution is 2.35. The van der Waals surface area contributed by atoms with Gasteiger partial charge in [-0.25, -0.2) is 21.6 Å². The Bertz CT molecular complexity index is 1800. The first kappa shape index (κ1) is 33.9. The van der Waals surface area contributed by atoms with E-state index in [1.807, 2.05) is 4.72 Å². The molecule has 0 spiro atoms. The molecule has 240 valence electrons. The Morgan fingerprint density at radius 3 is 2.49 bits per heavy atom. The number of esters is 1. The largest absolute Gasteiger partial charge is 0.507 e. The van der Waals surface area contributed by atoms with Crippen molar-refractivity contribution >= 4 is 53.8 Å². The van der Waals surface area contributed by atoms with Crippen molar-refractivity contribution in [3.05, 3.63) is 87.9 Å². The standard InChI is InChI=1S/C29H30BrN3O10S2/c1-42-29(37)27-23(34)9-5-10-24(27)43-14-6-13-31-28(36)22(32-44(38,39)19-7-3-2-4-8-19)16-18-11-12-20(21(30)15-18)25-17-26(35)33-45(25,40)41/h2-5,7-12,15,22,25,32,34H,6,13-14,16-17H2,1H3,(H,31,36)(H,33,35). The number of benzene rings is 3. The molecule has 1 fully saturated rings. The number of ether oxygens (including phenoxy) is 2. The fraction of sp³-hybridized carbons (Fsp3) is 0.276. The van der Waals surface area contributed by atoms with Gasteiger partial charge in [0.25, 0.3) is 0 Å². The molecule has 4 rings (SSSR count). The summed E-state index contributed by atoms with van der Waals surface area (Å²) < 4.78 is 66.0. The summed E-state index contributed by atoms with van der Waals surface area (Å²) in [4.78, 5) is 37.0. The van der Waals surface area contributed by atoms with Crippen LogP contribution in [0.5, 0.6) is 11.5 Å². The van der Waals surface area contributed by atoms with Crippen molar-refractivity contribution in [3.63, 3.8) is 0 Å². The molecule has 4 N–H and O–H groups in total. The minimum Gasteiger partial charge on any atom is -0.507 e. The van der Waals surface area contributed by atoms with E-state index in [4.69, 9.17) is 4.74 Å². The van der Waals surface area contributed by atoms with Crippen LogP contribution >= 0.6 is 15.9 Å². The van der Waals surface area contributed by atoms with Gasteiger partial charge in [-0.15, -0.1) is 0 Å². The van der Waals surface area contributed by atoms with Crippen LogP contribution in [0.2, 0.25) is 0 Å². The Labute approximate surface area is 268 Å². The van der Waals surface area contributed by atoms with Crippen LogP contribution < -0.4 is 19.5 Å². The minimum absolute atomic E-state index is 0.0381. The molecule has 0 radical (unpaired) electrons. The van der Waals surface area contributed by atoms with Gasteiger partial charge in [0.15, 0.2) is 0 Å². The van der Waals surface area contributed by atoms with Crippen molar-refractivity contribution in [1.29, 1.82) is 0 Å². The molecular formula is C29H30BrN3O10S2. The van der Waals surface area contributed by atoms with E-state index in [0.29, 0.717) is 15.6 Å². The summed E-state index contributed by atoms with van der Waals surface area (Å²) in [5.74, 6) is -2.23. The van der Waals surface area contributed by atoms with E-state index in [1.165, 1.54) is 43.5 Å². The molecule has 16 heteroatoms. The van der Waals surface area contributed by atoms with E-state index in [2.05, 4.69) is 30.7 Å². The number of methoxy groups -OCH3 is 1. The fourth-order valence-electron chi connectivity index (χ4n) is 4.60. The monoisotopic (exact) mass is 723 g/mol. The first-order valence-corrected chi connectivity index (χ1v) is 17.4. The predicted octanol–water partition coefficient (Wildman–Crippen LogP) is 2.31. The number of carbonyl (C=O) groups excluding carboxylic acids is 3. The molecule has 0 aromatic heterocycles. The normalized spacial score (nSPS) is 16.4. The lowest BCUT2D eigenvalue weighted by molar-refractivity contribution is -0.122. The number of hydrogen-bond acceptors (Lipinski definition) is 10. The number of phenols is 1. The van der Waals surface area contributed by atoms with Gasteiger partial charge < -0.3 is 19.9 Å². The zero-order chi connectivity index (χ0) is 32.8. The average Bonchev–Trinajstić information content (AvgIpc) is 3.27. The SMILES string of the molecule is COC(=O)c1c(O)cccc1OCCCNC(=O)C(Cc1ccc(C2CC(=O)NS2(=O)=O)c(Br)c1)NS(=O)(=O)c1ccccc1. The van der Waals surface area contributed by atoms with Crippen molar-refractivity contribution < 1.29 is 45.8 Å². The second-order valence-corrected chi connectivity index (χ2v) is 14.4. The van der Waals surface area contributed by atoms with Gasteiger partial charge in [0, 0.05) is 11.0 Å². The zero-order valence-electron chi connectivity index (χ0n) is 23.9. The van der Waals surface area contributed by atoms with E-state index < -0.39 is 49.1 Å². The van der Waals surface area contributed by atoms with Gasteiger partial charge >= 0.3 is 5.97 Å². The molecule has 0 saturated carbocycles. The van der Waals surface area contributed by atoms with Crippen molar-refractivity contribution in [1.82, 2.24) is 14.8 Å². The number of amides is 2. The lowest BCUT2D eigenvalue weighted by atomic mass is 10.0. The third-order valence-electron chi connectivity index (χ3n) is 6.79. The average molecular weight is 725 g/mol. The Balaban J connectivity index is 1.46. The molecule has 3 aromatic carbocycles. The van der Waals surface area contributed by atoms with Crippen LogP contribution in [0.1, 0.15) is 39.6 Å². The number of sulfonamides is 2. The highest BCUT2D eigenvalue weighted by molar-refractivity contribution is 9.10. The first-order chi connectivity index (χ1) is 21.3. The second kappa shape index (κ2) is 14.4. The van der Waals surface area contributed by atoms with Crippen molar-refractivity contribution in [2.45, 2.75) is 35.4 Å². The highest BCUT2D eigenvalue weighted by atomic mass is 79.9. The molecule has 2 unspecified atom stereocenters. The van der Waals surface area contributed by atoms with Gasteiger partial charge in [0.1, 0.15) is 28.4 Å². The molecule has 1 aliphatic rings. The first-order valence-electron chi connectivity index (χ1n) is 13.5. The van der Waals surface area contributed by atoms with Gasteiger partial charge in [-0.2, -0.15) is 4.72 Å². The van der Waals surface area contributed by atoms with Gasteiger partial charge in [-0.3, -0.25) is 14.3 Å². The molecule has 2 amide bonds. The van der Waals surface area contributed by atoms with Crippen LogP contribution in [0.15, 0.2) is 76.1 Å². The fourth-order valence-corrected chi connectivity index (χ4v) is 8.12.